The van der Waals surface area contributed by atoms with Crippen molar-refractivity contribution in [1.82, 2.24) is 0 Å². The summed E-state index contributed by atoms with van der Waals surface area (Å²) in [5.74, 6) is 0. The van der Waals surface area contributed by atoms with Crippen LogP contribution in [0.2, 0.25) is 0 Å². The Hall–Kier alpha value is 1.86. The van der Waals surface area contributed by atoms with Gasteiger partial charge in [0.1, 0.15) is 0 Å². The van der Waals surface area contributed by atoms with E-state index < -0.39 is 0 Å². The molecule has 0 aliphatic carbocycles. The molecular weight excluding hydrogens is 282 g/mol. The van der Waals surface area contributed by atoms with E-state index in [1.54, 1.807) is 0 Å². The summed E-state index contributed by atoms with van der Waals surface area (Å²) in [6.45, 7) is 5.90. The van der Waals surface area contributed by atoms with Crippen LogP contribution in [0.15, 0.2) is 0 Å². The van der Waals surface area contributed by atoms with Gasteiger partial charge in [0.25, 0.3) is 0 Å². The first kappa shape index (κ1) is 9.97. The summed E-state index contributed by atoms with van der Waals surface area (Å²) in [7, 11) is 0. The second kappa shape index (κ2) is 9.29. The second-order valence-electron chi connectivity index (χ2n) is 0.220. The van der Waals surface area contributed by atoms with Crippen LogP contribution in [0.3, 0.4) is 0 Å². The molecule has 1 radical (unpaired) electrons. The molecule has 0 amide bonds. The van der Waals surface area contributed by atoms with Crippen molar-refractivity contribution in [2.45, 2.75) is 0 Å². The van der Waals surface area contributed by atoms with Crippen LogP contribution < -0.4 is 0 Å². The van der Waals surface area contributed by atoms with Crippen molar-refractivity contribution < 1.29 is 29.3 Å². The van der Waals surface area contributed by atoms with E-state index in [-0.39, 0.29) is 78.0 Å². The molecule has 0 heterocycles. The van der Waals surface area contributed by atoms with E-state index in [4.69, 9.17) is 6.57 Å². The molecule has 0 aromatic carbocycles. The van der Waals surface area contributed by atoms with Crippen molar-refractivity contribution >= 4 is 51.4 Å². The third kappa shape index (κ3) is 10.7. The average Bonchev–Trinajstić information content (AvgIpc) is 1.37. The Kier molecular flexibility index (Phi) is 18.5. The van der Waals surface area contributed by atoms with Crippen molar-refractivity contribution in [2.24, 2.45) is 0 Å². The molecule has 0 aromatic rings. The zero-order valence-electron chi connectivity index (χ0n) is 3.06. The molecule has 0 aromatic heterocycles. The monoisotopic (exact) mass is 283 g/mol. The number of hydrogen-bond acceptors (Lipinski definition) is 1. The Morgan fingerprint density at radius 3 is 2.00 bits per heavy atom. The van der Waals surface area contributed by atoms with E-state index in [2.05, 4.69) is 7.75 Å². The minimum Gasteiger partial charge on any atom is 0 e. The van der Waals surface area contributed by atoms with Gasteiger partial charge in [-0.15, -0.1) is 0 Å². The van der Waals surface area contributed by atoms with E-state index >= 15 is 0 Å². The molecule has 0 bridgehead atoms. The van der Waals surface area contributed by atoms with Gasteiger partial charge in [-0.05, 0) is 0 Å². The van der Waals surface area contributed by atoms with E-state index in [9.17, 15) is 0 Å². The van der Waals surface area contributed by atoms with Crippen molar-refractivity contribution in [3.05, 3.63) is 11.6 Å². The van der Waals surface area contributed by atoms with Gasteiger partial charge >= 0.3 is 40.9 Å². The van der Waals surface area contributed by atoms with Crippen LogP contribution in [-0.2, 0) is 29.3 Å². The van der Waals surface area contributed by atoms with Gasteiger partial charge < -0.3 is 0 Å². The molecule has 0 rings (SSSR count). The van der Waals surface area contributed by atoms with Crippen molar-refractivity contribution in [3.8, 4) is 0 Å². The molecule has 0 N–H and O–H groups in total. The summed E-state index contributed by atoms with van der Waals surface area (Å²) in [5, 5.41) is 2.57. The van der Waals surface area contributed by atoms with Crippen LogP contribution in [-0.4, -0.2) is 51.4 Å². The van der Waals surface area contributed by atoms with Crippen LogP contribution in [0.5, 0.6) is 0 Å². The fourth-order valence-corrected chi connectivity index (χ4v) is 0. The van der Waals surface area contributed by atoms with Gasteiger partial charge in [0.2, 0.25) is 0 Å². The maximum absolute atomic E-state index is 5.90. The maximum atomic E-state index is 5.90. The van der Waals surface area contributed by atoms with Crippen LogP contribution >= 0.6 is 0 Å². The Bertz CT molecular complexity index is 41.4. The number of hydrogen-bond donors (Lipinski definition) is 0. The average molecular weight is 282 g/mol. The minimum absolute atomic E-state index is 0. The molecular formula is CHgKNO. The summed E-state index contributed by atoms with van der Waals surface area (Å²) < 4.78 is 4.03. The topological polar surface area (TPSA) is 13.6 Å². The normalized spacial score (nSPS) is 3.40. The fraction of sp³-hybridized carbons (Fsp3) is 0. The molecule has 0 fully saturated rings. The van der Waals surface area contributed by atoms with Crippen LogP contribution in [0.25, 0.3) is 5.01 Å². The van der Waals surface area contributed by atoms with Gasteiger partial charge in [-0.25, -0.2) is 0 Å². The molecule has 0 aliphatic heterocycles. The van der Waals surface area contributed by atoms with Gasteiger partial charge in [0, 0.05) is 51.4 Å². The van der Waals surface area contributed by atoms with E-state index in [0.29, 0.717) is 0 Å². The van der Waals surface area contributed by atoms with E-state index in [1.807, 2.05) is 0 Å². The summed E-state index contributed by atoms with van der Waals surface area (Å²) in [6.07, 6.45) is 0. The minimum atomic E-state index is 0. The van der Waals surface area contributed by atoms with E-state index in [1.165, 1.54) is 0 Å². The Balaban J connectivity index is 0. The maximum Gasteiger partial charge on any atom is 0 e. The first-order valence-corrected chi connectivity index (χ1v) is 2.94. The molecule has 0 unspecified atom stereocenters. The molecule has 0 saturated carbocycles. The largest absolute Gasteiger partial charge is 0 e. The SMILES string of the molecule is [C-]#[N+][O][Hg].[K]. The summed E-state index contributed by atoms with van der Waals surface area (Å²) in [6, 6.07) is 0. The van der Waals surface area contributed by atoms with Crippen molar-refractivity contribution in [1.29, 1.82) is 0 Å². The van der Waals surface area contributed by atoms with Crippen molar-refractivity contribution in [2.75, 3.05) is 0 Å². The van der Waals surface area contributed by atoms with Crippen molar-refractivity contribution in [3.63, 3.8) is 0 Å². The predicted molar refractivity (Wildman–Crippen MR) is 13.4 cm³/mol. The zero-order valence-corrected chi connectivity index (χ0v) is 11.7. The molecule has 0 aliphatic rings. The van der Waals surface area contributed by atoms with Gasteiger partial charge in [-0.2, -0.15) is 0 Å². The van der Waals surface area contributed by atoms with E-state index in [0.717, 1.165) is 0 Å². The standard InChI is InChI=1S/CNO.Hg.K/c1-2-3;;/q-1;+1;. The van der Waals surface area contributed by atoms with Crippen LogP contribution in [0.1, 0.15) is 0 Å². The van der Waals surface area contributed by atoms with Gasteiger partial charge in [0.15, 0.2) is 0 Å². The predicted octanol–water partition coefficient (Wildman–Crippen LogP) is -0.0817. The quantitative estimate of drug-likeness (QED) is 0.344. The summed E-state index contributed by atoms with van der Waals surface area (Å²) in [5.41, 5.74) is 0. The Labute approximate surface area is 90.1 Å². The summed E-state index contributed by atoms with van der Waals surface area (Å²) in [4.78, 5) is 0. The molecule has 0 saturated heterocycles. The molecule has 0 spiro atoms. The van der Waals surface area contributed by atoms with Crippen LogP contribution in [0.4, 0.5) is 0 Å². The second-order valence-corrected chi connectivity index (χ2v) is 1.22. The fourth-order valence-electron chi connectivity index (χ4n) is 0. The molecule has 0 atom stereocenters. The number of rotatable bonds is 0. The van der Waals surface area contributed by atoms with Crippen LogP contribution in [0, 0.1) is 6.57 Å². The first-order chi connectivity index (χ1) is 1.91. The van der Waals surface area contributed by atoms with Gasteiger partial charge in [-0.1, -0.05) is 0 Å². The molecule has 5 heavy (non-hydrogen) atoms. The third-order valence-electron chi connectivity index (χ3n) is 0.0645. The Morgan fingerprint density at radius 2 is 2.00 bits per heavy atom. The number of nitrogens with zero attached hydrogens (tertiary/aromatic N) is 1. The van der Waals surface area contributed by atoms with Gasteiger partial charge in [0.05, 0.1) is 0 Å². The smallest absolute Gasteiger partial charge is 0 e. The Morgan fingerprint density at radius 1 is 1.80 bits per heavy atom. The van der Waals surface area contributed by atoms with Gasteiger partial charge in [-0.3, -0.25) is 0 Å². The third-order valence-corrected chi connectivity index (χ3v) is 0.566. The first-order valence-electron chi connectivity index (χ1n) is 0.695. The summed E-state index contributed by atoms with van der Waals surface area (Å²) >= 11 is 0.219. The molecule has 18 valence electrons. The zero-order chi connectivity index (χ0) is 3.41. The molecule has 4 heteroatoms. The molecule has 2 nitrogen and oxygen atoms in total.